The fourth-order valence-corrected chi connectivity index (χ4v) is 4.97. The number of hydrogen-bond donors (Lipinski definition) is 1. The Labute approximate surface area is 245 Å². The topological polar surface area (TPSA) is 99.6 Å². The van der Waals surface area contributed by atoms with Gasteiger partial charge >= 0.3 is 5.63 Å². The smallest absolute Gasteiger partial charge is 0.339 e. The lowest BCUT2D eigenvalue weighted by Gasteiger charge is -2.13. The van der Waals surface area contributed by atoms with Gasteiger partial charge in [-0.3, -0.25) is 0 Å². The minimum atomic E-state index is -0.819. The van der Waals surface area contributed by atoms with Crippen LogP contribution in [0.15, 0.2) is 88.2 Å². The summed E-state index contributed by atoms with van der Waals surface area (Å²) in [5.41, 5.74) is 4.83. The lowest BCUT2D eigenvalue weighted by molar-refractivity contribution is 0.0888. The Kier molecular flexibility index (Phi) is 9.66. The van der Waals surface area contributed by atoms with E-state index in [-0.39, 0.29) is 25.4 Å². The zero-order chi connectivity index (χ0) is 29.3. The van der Waals surface area contributed by atoms with Gasteiger partial charge < -0.3 is 19.0 Å². The van der Waals surface area contributed by atoms with Crippen molar-refractivity contribution in [3.05, 3.63) is 106 Å². The highest BCUT2D eigenvalue weighted by molar-refractivity contribution is 5.82. The molecule has 0 aliphatic rings. The van der Waals surface area contributed by atoms with Gasteiger partial charge in [-0.2, -0.15) is 0 Å². The second-order valence-corrected chi connectivity index (χ2v) is 10.5. The fraction of sp³-hybridized carbons (Fsp3) is 0.324. The maximum atomic E-state index is 12.6. The summed E-state index contributed by atoms with van der Waals surface area (Å²) in [5, 5.41) is 19.7. The van der Waals surface area contributed by atoms with Crippen molar-refractivity contribution in [1.29, 1.82) is 0 Å². The van der Waals surface area contributed by atoms with E-state index in [1.807, 2.05) is 61.5 Å². The second-order valence-electron chi connectivity index (χ2n) is 10.5. The van der Waals surface area contributed by atoms with Crippen LogP contribution in [0.1, 0.15) is 49.4 Å². The van der Waals surface area contributed by atoms with E-state index < -0.39 is 6.10 Å². The summed E-state index contributed by atoms with van der Waals surface area (Å²) in [7, 11) is 0. The first kappa shape index (κ1) is 29.1. The molecule has 0 spiro atoms. The molecule has 3 aromatic carbocycles. The monoisotopic (exact) mass is 567 g/mol. The highest BCUT2D eigenvalue weighted by Crippen LogP contribution is 2.25. The maximum absolute atomic E-state index is 12.6. The van der Waals surface area contributed by atoms with Crippen LogP contribution in [0.5, 0.6) is 11.5 Å². The number of aromatic nitrogens is 3. The third-order valence-electron chi connectivity index (χ3n) is 7.31. The van der Waals surface area contributed by atoms with E-state index >= 15 is 0 Å². The first-order valence-corrected chi connectivity index (χ1v) is 14.5. The van der Waals surface area contributed by atoms with Gasteiger partial charge in [0.2, 0.25) is 0 Å². The number of rotatable bonds is 14. The lowest BCUT2D eigenvalue weighted by atomic mass is 10.0. The SMILES string of the molecule is CCCCCCc1c(C)c2ccc(OCC(O)Cn3cc(COc4ccc(-c5ccccc5)cc4)nn3)cc2oc1=O. The Morgan fingerprint density at radius 1 is 0.929 bits per heavy atom. The van der Waals surface area contributed by atoms with E-state index in [4.69, 9.17) is 13.9 Å². The number of aliphatic hydroxyl groups is 1. The number of aliphatic hydroxyl groups excluding tert-OH is 1. The molecule has 218 valence electrons. The molecule has 8 heteroatoms. The largest absolute Gasteiger partial charge is 0.491 e. The Morgan fingerprint density at radius 2 is 1.69 bits per heavy atom. The highest BCUT2D eigenvalue weighted by atomic mass is 16.5. The maximum Gasteiger partial charge on any atom is 0.339 e. The van der Waals surface area contributed by atoms with Gasteiger partial charge in [-0.1, -0.05) is 73.9 Å². The van der Waals surface area contributed by atoms with Gasteiger partial charge in [-0.15, -0.1) is 5.10 Å². The van der Waals surface area contributed by atoms with E-state index in [1.165, 1.54) is 6.42 Å². The van der Waals surface area contributed by atoms with Gasteiger partial charge in [0.1, 0.15) is 42.1 Å². The lowest BCUT2D eigenvalue weighted by Crippen LogP contribution is -2.24. The van der Waals surface area contributed by atoms with Crippen LogP contribution >= 0.6 is 0 Å². The zero-order valence-corrected chi connectivity index (χ0v) is 24.2. The average molecular weight is 568 g/mol. The molecule has 1 N–H and O–H groups in total. The number of ether oxygens (including phenoxy) is 2. The van der Waals surface area contributed by atoms with Crippen LogP contribution in [-0.2, 0) is 19.6 Å². The minimum Gasteiger partial charge on any atom is -0.491 e. The molecule has 1 atom stereocenters. The number of benzene rings is 3. The summed E-state index contributed by atoms with van der Waals surface area (Å²) in [6, 6.07) is 23.5. The molecule has 0 amide bonds. The van der Waals surface area contributed by atoms with Gasteiger partial charge in [0.05, 0.1) is 12.7 Å². The molecular formula is C34H37N3O5. The third-order valence-corrected chi connectivity index (χ3v) is 7.31. The molecule has 0 saturated heterocycles. The summed E-state index contributed by atoms with van der Waals surface area (Å²) in [5.74, 6) is 1.26. The predicted molar refractivity (Wildman–Crippen MR) is 163 cm³/mol. The van der Waals surface area contributed by atoms with Crippen molar-refractivity contribution in [3.8, 4) is 22.6 Å². The predicted octanol–water partition coefficient (Wildman–Crippen LogP) is 6.50. The molecule has 0 radical (unpaired) electrons. The summed E-state index contributed by atoms with van der Waals surface area (Å²) >= 11 is 0. The van der Waals surface area contributed by atoms with E-state index in [2.05, 4.69) is 29.4 Å². The van der Waals surface area contributed by atoms with Gasteiger partial charge in [-0.25, -0.2) is 9.48 Å². The van der Waals surface area contributed by atoms with Gasteiger partial charge in [0, 0.05) is 17.0 Å². The molecule has 0 fully saturated rings. The van der Waals surface area contributed by atoms with Crippen LogP contribution in [-0.4, -0.2) is 32.8 Å². The standard InChI is InChI=1S/C34H37N3O5/c1-3-4-5-9-12-32-24(2)31-18-17-30(19-33(31)42-34(32)39)41-23-28(38)21-37-20-27(35-36-37)22-40-29-15-13-26(14-16-29)25-10-7-6-8-11-25/h6-8,10-11,13-20,28,38H,3-5,9,12,21-23H2,1-2H3. The fourth-order valence-electron chi connectivity index (χ4n) is 4.97. The van der Waals surface area contributed by atoms with Gasteiger partial charge in [-0.05, 0) is 60.7 Å². The molecule has 0 aliphatic carbocycles. The average Bonchev–Trinajstić information content (AvgIpc) is 3.46. The molecule has 1 unspecified atom stereocenters. The molecule has 8 nitrogen and oxygen atoms in total. The van der Waals surface area contributed by atoms with Gasteiger partial charge in [0.15, 0.2) is 0 Å². The normalized spacial score (nSPS) is 12.0. The zero-order valence-electron chi connectivity index (χ0n) is 24.2. The van der Waals surface area contributed by atoms with Crippen molar-refractivity contribution < 1.29 is 19.0 Å². The van der Waals surface area contributed by atoms with Crippen molar-refractivity contribution in [3.63, 3.8) is 0 Å². The summed E-state index contributed by atoms with van der Waals surface area (Å²) in [4.78, 5) is 12.6. The van der Waals surface area contributed by atoms with Crippen molar-refractivity contribution in [2.24, 2.45) is 0 Å². The van der Waals surface area contributed by atoms with E-state index in [1.54, 1.807) is 16.9 Å². The Balaban J connectivity index is 1.11. The van der Waals surface area contributed by atoms with Crippen molar-refractivity contribution in [2.45, 2.75) is 65.2 Å². The van der Waals surface area contributed by atoms with Gasteiger partial charge in [0.25, 0.3) is 0 Å². The van der Waals surface area contributed by atoms with Crippen LogP contribution in [0.25, 0.3) is 22.1 Å². The summed E-state index contributed by atoms with van der Waals surface area (Å²) in [6.07, 6.45) is 6.07. The number of fused-ring (bicyclic) bond motifs is 1. The first-order valence-electron chi connectivity index (χ1n) is 14.5. The molecule has 0 saturated carbocycles. The number of aryl methyl sites for hydroxylation is 1. The first-order chi connectivity index (χ1) is 20.5. The Bertz CT molecular complexity index is 1640. The second kappa shape index (κ2) is 14.0. The van der Waals surface area contributed by atoms with Crippen LogP contribution in [0.3, 0.4) is 0 Å². The molecular weight excluding hydrogens is 530 g/mol. The molecule has 5 rings (SSSR count). The number of nitrogens with zero attached hydrogens (tertiary/aromatic N) is 3. The Morgan fingerprint density at radius 3 is 2.48 bits per heavy atom. The molecule has 2 heterocycles. The van der Waals surface area contributed by atoms with Crippen molar-refractivity contribution in [1.82, 2.24) is 15.0 Å². The molecule has 0 bridgehead atoms. The van der Waals surface area contributed by atoms with Crippen LogP contribution < -0.4 is 15.1 Å². The van der Waals surface area contributed by atoms with E-state index in [9.17, 15) is 9.90 Å². The van der Waals surface area contributed by atoms with Crippen LogP contribution in [0, 0.1) is 6.92 Å². The summed E-state index contributed by atoms with van der Waals surface area (Å²) in [6.45, 7) is 4.66. The molecule has 42 heavy (non-hydrogen) atoms. The number of hydrogen-bond acceptors (Lipinski definition) is 7. The minimum absolute atomic E-state index is 0.0453. The van der Waals surface area contributed by atoms with Crippen LogP contribution in [0.2, 0.25) is 0 Å². The van der Waals surface area contributed by atoms with Crippen molar-refractivity contribution in [2.75, 3.05) is 6.61 Å². The molecule has 0 aliphatic heterocycles. The third kappa shape index (κ3) is 7.44. The highest BCUT2D eigenvalue weighted by Gasteiger charge is 2.14. The summed E-state index contributed by atoms with van der Waals surface area (Å²) < 4.78 is 18.9. The Hall–Kier alpha value is -4.43. The van der Waals surface area contributed by atoms with Crippen molar-refractivity contribution >= 4 is 11.0 Å². The quantitative estimate of drug-likeness (QED) is 0.121. The molecule has 2 aromatic heterocycles. The van der Waals surface area contributed by atoms with Crippen LogP contribution in [0.4, 0.5) is 0 Å². The van der Waals surface area contributed by atoms with E-state index in [0.29, 0.717) is 17.0 Å². The van der Waals surface area contributed by atoms with E-state index in [0.717, 1.165) is 59.1 Å². The molecule has 5 aromatic rings. The number of unbranched alkanes of at least 4 members (excludes halogenated alkanes) is 3.